The molecule has 0 aromatic heterocycles. The van der Waals surface area contributed by atoms with E-state index < -0.39 is 0 Å². The lowest BCUT2D eigenvalue weighted by Crippen LogP contribution is -1.90. The maximum absolute atomic E-state index is 8.57. The zero-order chi connectivity index (χ0) is 22.2. The molecule has 4 rings (SSSR count). The van der Waals surface area contributed by atoms with Crippen molar-refractivity contribution < 1.29 is 9.47 Å². The summed E-state index contributed by atoms with van der Waals surface area (Å²) in [6, 6.07) is 32.3. The second-order valence-corrected chi connectivity index (χ2v) is 7.42. The number of rotatable bonds is 7. The number of nitrogens with zero attached hydrogens (tertiary/aromatic N) is 2. The number of nitriles is 2. The summed E-state index contributed by atoms with van der Waals surface area (Å²) in [5.74, 6) is 1.11. The predicted octanol–water partition coefficient (Wildman–Crippen LogP) is 6.25. The normalized spacial score (nSPS) is 10.1. The average molecular weight is 416 g/mol. The van der Waals surface area contributed by atoms with Crippen molar-refractivity contribution in [3.05, 3.63) is 119 Å². The minimum absolute atomic E-state index is 0.556. The summed E-state index contributed by atoms with van der Waals surface area (Å²) in [4.78, 5) is 0. The standard InChI is InChI=1S/C28H20N2O2/c29-19-31-27-13-5-23(6-14-27)17-21-1-9-25(10-2-21)26-11-3-22(4-12-26)18-24-7-15-28(16-8-24)32-20-30/h1-16H,17-18H2. The van der Waals surface area contributed by atoms with Crippen LogP contribution in [-0.2, 0) is 12.8 Å². The molecular formula is C28H20N2O2. The van der Waals surface area contributed by atoms with Crippen LogP contribution < -0.4 is 9.47 Å². The van der Waals surface area contributed by atoms with Crippen LogP contribution in [0.4, 0.5) is 0 Å². The molecule has 0 bridgehead atoms. The lowest BCUT2D eigenvalue weighted by atomic mass is 9.98. The average Bonchev–Trinajstić information content (AvgIpc) is 2.83. The maximum atomic E-state index is 8.57. The van der Waals surface area contributed by atoms with E-state index in [1.165, 1.54) is 33.4 Å². The molecule has 0 aliphatic rings. The van der Waals surface area contributed by atoms with Crippen molar-refractivity contribution >= 4 is 0 Å². The molecule has 0 atom stereocenters. The first-order valence-electron chi connectivity index (χ1n) is 10.2. The van der Waals surface area contributed by atoms with Crippen molar-refractivity contribution in [3.63, 3.8) is 0 Å². The third-order valence-electron chi connectivity index (χ3n) is 5.23. The molecule has 0 spiro atoms. The minimum atomic E-state index is 0.556. The van der Waals surface area contributed by atoms with Gasteiger partial charge in [-0.3, -0.25) is 0 Å². The van der Waals surface area contributed by atoms with Gasteiger partial charge in [0.2, 0.25) is 0 Å². The topological polar surface area (TPSA) is 66.0 Å². The molecule has 32 heavy (non-hydrogen) atoms. The molecule has 0 unspecified atom stereocenters. The molecule has 154 valence electrons. The number of benzene rings is 4. The first kappa shape index (κ1) is 20.7. The molecule has 4 aromatic rings. The Labute approximate surface area is 187 Å². The highest BCUT2D eigenvalue weighted by atomic mass is 16.5. The molecule has 4 heteroatoms. The van der Waals surface area contributed by atoms with Crippen LogP contribution in [0.15, 0.2) is 97.1 Å². The SMILES string of the molecule is N#COc1ccc(Cc2ccc(-c3ccc(Cc4ccc(OC#N)cc4)cc3)cc2)cc1. The fourth-order valence-electron chi connectivity index (χ4n) is 3.56. The Morgan fingerprint density at radius 1 is 0.438 bits per heavy atom. The van der Waals surface area contributed by atoms with Gasteiger partial charge in [0.15, 0.2) is 0 Å². The Bertz CT molecular complexity index is 1140. The van der Waals surface area contributed by atoms with Crippen LogP contribution in [0.3, 0.4) is 0 Å². The van der Waals surface area contributed by atoms with Gasteiger partial charge in [-0.1, -0.05) is 72.8 Å². The number of hydrogen-bond acceptors (Lipinski definition) is 4. The van der Waals surface area contributed by atoms with Crippen molar-refractivity contribution in [3.8, 4) is 35.1 Å². The van der Waals surface area contributed by atoms with Gasteiger partial charge in [0, 0.05) is 0 Å². The Kier molecular flexibility index (Phi) is 6.46. The maximum Gasteiger partial charge on any atom is 0.292 e. The second kappa shape index (κ2) is 9.98. The van der Waals surface area contributed by atoms with Gasteiger partial charge in [0.05, 0.1) is 0 Å². The van der Waals surface area contributed by atoms with E-state index in [1.54, 1.807) is 12.5 Å². The first-order valence-corrected chi connectivity index (χ1v) is 10.2. The summed E-state index contributed by atoms with van der Waals surface area (Å²) in [6.07, 6.45) is 5.01. The van der Waals surface area contributed by atoms with Crippen LogP contribution in [0.5, 0.6) is 11.5 Å². The molecular weight excluding hydrogens is 396 g/mol. The third kappa shape index (κ3) is 5.33. The summed E-state index contributed by atoms with van der Waals surface area (Å²) in [6.45, 7) is 0. The summed E-state index contributed by atoms with van der Waals surface area (Å²) in [5.41, 5.74) is 7.14. The summed E-state index contributed by atoms with van der Waals surface area (Å²) in [7, 11) is 0. The Morgan fingerprint density at radius 2 is 0.719 bits per heavy atom. The zero-order valence-electron chi connectivity index (χ0n) is 17.4. The number of ether oxygens (including phenoxy) is 2. The first-order chi connectivity index (χ1) is 15.7. The molecule has 0 N–H and O–H groups in total. The molecule has 0 amide bonds. The smallest absolute Gasteiger partial charge is 0.292 e. The number of hydrogen-bond donors (Lipinski definition) is 0. The largest absolute Gasteiger partial charge is 0.388 e. The third-order valence-corrected chi connectivity index (χ3v) is 5.23. The van der Waals surface area contributed by atoms with E-state index in [4.69, 9.17) is 20.0 Å². The lowest BCUT2D eigenvalue weighted by molar-refractivity contribution is 0.506. The van der Waals surface area contributed by atoms with Crippen molar-refractivity contribution in [1.82, 2.24) is 0 Å². The Morgan fingerprint density at radius 3 is 1.00 bits per heavy atom. The van der Waals surface area contributed by atoms with Crippen LogP contribution in [0.2, 0.25) is 0 Å². The van der Waals surface area contributed by atoms with E-state index in [-0.39, 0.29) is 0 Å². The van der Waals surface area contributed by atoms with Crippen LogP contribution >= 0.6 is 0 Å². The molecule has 0 fully saturated rings. The molecule has 0 aliphatic heterocycles. The van der Waals surface area contributed by atoms with Crippen molar-refractivity contribution in [2.45, 2.75) is 12.8 Å². The van der Waals surface area contributed by atoms with Crippen molar-refractivity contribution in [1.29, 1.82) is 10.5 Å². The van der Waals surface area contributed by atoms with Gasteiger partial charge in [-0.15, -0.1) is 10.5 Å². The predicted molar refractivity (Wildman–Crippen MR) is 123 cm³/mol. The van der Waals surface area contributed by atoms with Gasteiger partial charge in [-0.25, -0.2) is 0 Å². The van der Waals surface area contributed by atoms with E-state index >= 15 is 0 Å². The summed E-state index contributed by atoms with van der Waals surface area (Å²) < 4.78 is 9.64. The van der Waals surface area contributed by atoms with E-state index in [1.807, 2.05) is 48.5 Å². The van der Waals surface area contributed by atoms with Gasteiger partial charge >= 0.3 is 0 Å². The van der Waals surface area contributed by atoms with E-state index in [2.05, 4.69) is 48.5 Å². The highest BCUT2D eigenvalue weighted by Gasteiger charge is 2.03. The van der Waals surface area contributed by atoms with E-state index in [0.29, 0.717) is 11.5 Å². The Balaban J connectivity index is 1.38. The highest BCUT2D eigenvalue weighted by molar-refractivity contribution is 5.64. The quantitative estimate of drug-likeness (QED) is 0.334. The van der Waals surface area contributed by atoms with Crippen LogP contribution in [0, 0.1) is 23.0 Å². The molecule has 0 saturated carbocycles. The second-order valence-electron chi connectivity index (χ2n) is 7.42. The molecule has 0 saturated heterocycles. The monoisotopic (exact) mass is 416 g/mol. The van der Waals surface area contributed by atoms with Crippen LogP contribution in [-0.4, -0.2) is 0 Å². The summed E-state index contributed by atoms with van der Waals surface area (Å²) >= 11 is 0. The van der Waals surface area contributed by atoms with Gasteiger partial charge in [0.1, 0.15) is 11.5 Å². The van der Waals surface area contributed by atoms with Gasteiger partial charge in [0.25, 0.3) is 12.5 Å². The van der Waals surface area contributed by atoms with Gasteiger partial charge < -0.3 is 9.47 Å². The molecule has 4 aromatic carbocycles. The van der Waals surface area contributed by atoms with E-state index in [0.717, 1.165) is 12.8 Å². The fourth-order valence-corrected chi connectivity index (χ4v) is 3.56. The fraction of sp³-hybridized carbons (Fsp3) is 0.0714. The molecule has 4 nitrogen and oxygen atoms in total. The Hall–Kier alpha value is -4.54. The molecule has 0 aliphatic carbocycles. The van der Waals surface area contributed by atoms with Crippen LogP contribution in [0.25, 0.3) is 11.1 Å². The van der Waals surface area contributed by atoms with Gasteiger partial charge in [-0.05, 0) is 70.5 Å². The van der Waals surface area contributed by atoms with Crippen molar-refractivity contribution in [2.75, 3.05) is 0 Å². The van der Waals surface area contributed by atoms with Gasteiger partial charge in [-0.2, -0.15) is 0 Å². The van der Waals surface area contributed by atoms with Crippen LogP contribution in [0.1, 0.15) is 22.3 Å². The zero-order valence-corrected chi connectivity index (χ0v) is 17.4. The molecule has 0 heterocycles. The minimum Gasteiger partial charge on any atom is -0.388 e. The summed E-state index contributed by atoms with van der Waals surface area (Å²) in [5, 5.41) is 17.1. The molecule has 0 radical (unpaired) electrons. The lowest BCUT2D eigenvalue weighted by Gasteiger charge is -2.07. The highest BCUT2D eigenvalue weighted by Crippen LogP contribution is 2.23. The van der Waals surface area contributed by atoms with Crippen molar-refractivity contribution in [2.24, 2.45) is 0 Å². The van der Waals surface area contributed by atoms with E-state index in [9.17, 15) is 0 Å².